The van der Waals surface area contributed by atoms with E-state index in [1.54, 1.807) is 0 Å². The Hall–Kier alpha value is -1.77. The van der Waals surface area contributed by atoms with Gasteiger partial charge in [0.15, 0.2) is 6.10 Å². The largest absolute Gasteiger partial charge is 0.469 e. The summed E-state index contributed by atoms with van der Waals surface area (Å²) >= 11 is 0. The standard InChI is InChI=1S/C38H67O9P/c1-3-5-7-8-9-10-11-12-17-20-23-27-31-38(40)46-34(33-45-48(41,42)43)32-44-37(39)30-26-22-19-16-14-13-15-18-21-25-29-36-35(47-36)28-24-6-4-2/h13,15-16,19,21,25,34-36H,3-12,14,17-18,20,22-24,26-33H2,1-2H3,(H2,41,42,43)/b15-13-,19-16-,25-21-/t34-,35?,36?/m1/s1. The number of ether oxygens (including phenoxy) is 3. The molecular weight excluding hydrogens is 631 g/mol. The van der Waals surface area contributed by atoms with Gasteiger partial charge in [0, 0.05) is 12.8 Å². The summed E-state index contributed by atoms with van der Waals surface area (Å²) < 4.78 is 31.9. The molecule has 1 aliphatic rings. The first kappa shape index (κ1) is 44.3. The Morgan fingerprint density at radius 2 is 1.21 bits per heavy atom. The lowest BCUT2D eigenvalue weighted by Crippen LogP contribution is -2.29. The van der Waals surface area contributed by atoms with Crippen molar-refractivity contribution in [1.82, 2.24) is 0 Å². The van der Waals surface area contributed by atoms with Crippen LogP contribution < -0.4 is 0 Å². The molecule has 0 spiro atoms. The molecule has 0 aliphatic carbocycles. The second-order valence-corrected chi connectivity index (χ2v) is 14.2. The molecule has 1 fully saturated rings. The first-order valence-electron chi connectivity index (χ1n) is 18.9. The lowest BCUT2D eigenvalue weighted by Gasteiger charge is -2.18. The average Bonchev–Trinajstić information content (AvgIpc) is 3.80. The van der Waals surface area contributed by atoms with Crippen LogP contribution in [0.4, 0.5) is 0 Å². The third kappa shape index (κ3) is 29.2. The molecule has 0 aromatic carbocycles. The normalized spacial score (nSPS) is 17.1. The number of rotatable bonds is 33. The van der Waals surface area contributed by atoms with Crippen molar-refractivity contribution in [1.29, 1.82) is 0 Å². The Balaban J connectivity index is 2.13. The molecule has 1 aliphatic heterocycles. The maximum absolute atomic E-state index is 12.3. The van der Waals surface area contributed by atoms with Gasteiger partial charge in [0.1, 0.15) is 6.61 Å². The first-order valence-corrected chi connectivity index (χ1v) is 20.4. The number of phosphoric acid groups is 1. The number of carbonyl (C=O) groups is 2. The van der Waals surface area contributed by atoms with Crippen LogP contribution in [0.2, 0.25) is 0 Å². The van der Waals surface area contributed by atoms with Crippen molar-refractivity contribution >= 4 is 19.8 Å². The molecule has 0 bridgehead atoms. The molecule has 1 heterocycles. The van der Waals surface area contributed by atoms with E-state index in [-0.39, 0.29) is 19.4 Å². The fraction of sp³-hybridized carbons (Fsp3) is 0.789. The molecular formula is C38H67O9P. The van der Waals surface area contributed by atoms with Gasteiger partial charge in [0.05, 0.1) is 18.8 Å². The van der Waals surface area contributed by atoms with E-state index in [9.17, 15) is 14.2 Å². The smallest absolute Gasteiger partial charge is 0.462 e. The van der Waals surface area contributed by atoms with Gasteiger partial charge in [-0.2, -0.15) is 0 Å². The number of carbonyl (C=O) groups excluding carboxylic acids is 2. The Kier molecular flexibility index (Phi) is 27.7. The number of epoxide rings is 1. The molecule has 3 atom stereocenters. The van der Waals surface area contributed by atoms with Crippen molar-refractivity contribution in [3.8, 4) is 0 Å². The van der Waals surface area contributed by atoms with E-state index in [0.717, 1.165) is 44.9 Å². The van der Waals surface area contributed by atoms with E-state index >= 15 is 0 Å². The monoisotopic (exact) mass is 698 g/mol. The molecule has 1 rings (SSSR count). The quantitative estimate of drug-likeness (QED) is 0.0226. The average molecular weight is 699 g/mol. The minimum atomic E-state index is -4.76. The van der Waals surface area contributed by atoms with Gasteiger partial charge in [0.25, 0.3) is 0 Å². The molecule has 9 nitrogen and oxygen atoms in total. The number of hydrogen-bond donors (Lipinski definition) is 2. The Morgan fingerprint density at radius 3 is 1.83 bits per heavy atom. The highest BCUT2D eigenvalue weighted by atomic mass is 31.2. The number of allylic oxidation sites excluding steroid dienone is 5. The third-order valence-electron chi connectivity index (χ3n) is 8.34. The fourth-order valence-electron chi connectivity index (χ4n) is 5.40. The van der Waals surface area contributed by atoms with E-state index < -0.39 is 32.5 Å². The summed E-state index contributed by atoms with van der Waals surface area (Å²) in [6, 6.07) is 0. The van der Waals surface area contributed by atoms with Crippen LogP contribution in [0, 0.1) is 0 Å². The molecule has 2 unspecified atom stereocenters. The molecule has 278 valence electrons. The van der Waals surface area contributed by atoms with Gasteiger partial charge >= 0.3 is 19.8 Å². The van der Waals surface area contributed by atoms with E-state index in [2.05, 4.69) is 48.8 Å². The maximum Gasteiger partial charge on any atom is 0.469 e. The molecule has 0 aromatic rings. The highest BCUT2D eigenvalue weighted by molar-refractivity contribution is 7.46. The topological polar surface area (TPSA) is 132 Å². The van der Waals surface area contributed by atoms with Crippen molar-refractivity contribution < 1.29 is 42.7 Å². The minimum absolute atomic E-state index is 0.189. The van der Waals surface area contributed by atoms with Gasteiger partial charge in [0.2, 0.25) is 0 Å². The molecule has 0 aromatic heterocycles. The summed E-state index contributed by atoms with van der Waals surface area (Å²) in [5, 5.41) is 0. The Bertz CT molecular complexity index is 942. The van der Waals surface area contributed by atoms with Gasteiger partial charge in [-0.3, -0.25) is 14.1 Å². The maximum atomic E-state index is 12.3. The molecule has 10 heteroatoms. The summed E-state index contributed by atoms with van der Waals surface area (Å²) in [6.45, 7) is 3.58. The summed E-state index contributed by atoms with van der Waals surface area (Å²) in [5.41, 5.74) is 0. The van der Waals surface area contributed by atoms with Crippen LogP contribution in [0.15, 0.2) is 36.5 Å². The number of phosphoric ester groups is 1. The van der Waals surface area contributed by atoms with Crippen molar-refractivity contribution in [2.24, 2.45) is 0 Å². The molecule has 1 saturated heterocycles. The fourth-order valence-corrected chi connectivity index (χ4v) is 5.76. The highest BCUT2D eigenvalue weighted by Crippen LogP contribution is 2.36. The Morgan fingerprint density at radius 1 is 0.667 bits per heavy atom. The van der Waals surface area contributed by atoms with Crippen LogP contribution in [0.1, 0.15) is 162 Å². The van der Waals surface area contributed by atoms with Crippen molar-refractivity contribution in [2.45, 2.75) is 180 Å². The Labute approximate surface area is 291 Å². The zero-order valence-corrected chi connectivity index (χ0v) is 31.0. The molecule has 0 amide bonds. The van der Waals surface area contributed by atoms with Crippen LogP contribution in [0.25, 0.3) is 0 Å². The summed E-state index contributed by atoms with van der Waals surface area (Å²) in [7, 11) is -4.76. The summed E-state index contributed by atoms with van der Waals surface area (Å²) in [5.74, 6) is -0.955. The lowest BCUT2D eigenvalue weighted by atomic mass is 10.0. The summed E-state index contributed by atoms with van der Waals surface area (Å²) in [4.78, 5) is 42.6. The van der Waals surface area contributed by atoms with Gasteiger partial charge in [-0.15, -0.1) is 0 Å². The predicted molar refractivity (Wildman–Crippen MR) is 192 cm³/mol. The molecule has 48 heavy (non-hydrogen) atoms. The molecule has 0 saturated carbocycles. The lowest BCUT2D eigenvalue weighted by molar-refractivity contribution is -0.161. The minimum Gasteiger partial charge on any atom is -0.462 e. The van der Waals surface area contributed by atoms with E-state index in [4.69, 9.17) is 24.0 Å². The number of unbranched alkanes of at least 4 members (excludes halogenated alkanes) is 14. The van der Waals surface area contributed by atoms with Crippen molar-refractivity contribution in [3.63, 3.8) is 0 Å². The van der Waals surface area contributed by atoms with Crippen LogP contribution in [0.5, 0.6) is 0 Å². The van der Waals surface area contributed by atoms with Gasteiger partial charge < -0.3 is 24.0 Å². The second-order valence-electron chi connectivity index (χ2n) is 12.9. The third-order valence-corrected chi connectivity index (χ3v) is 8.82. The van der Waals surface area contributed by atoms with Crippen LogP contribution >= 0.6 is 7.82 Å². The van der Waals surface area contributed by atoms with Crippen LogP contribution in [-0.4, -0.2) is 53.3 Å². The predicted octanol–water partition coefficient (Wildman–Crippen LogP) is 10.00. The van der Waals surface area contributed by atoms with Crippen LogP contribution in [-0.2, 0) is 32.9 Å². The summed E-state index contributed by atoms with van der Waals surface area (Å²) in [6.07, 6.45) is 36.2. The van der Waals surface area contributed by atoms with Crippen LogP contribution in [0.3, 0.4) is 0 Å². The van der Waals surface area contributed by atoms with Crippen molar-refractivity contribution in [3.05, 3.63) is 36.5 Å². The van der Waals surface area contributed by atoms with Gasteiger partial charge in [-0.25, -0.2) is 4.57 Å². The SMILES string of the molecule is CCCCCCCCCCCCCCC(=O)O[C@H](COC(=O)CCC/C=C\C/C=C\C/C=C\CC1OC1CCCCC)COP(=O)(O)O. The van der Waals surface area contributed by atoms with Crippen molar-refractivity contribution in [2.75, 3.05) is 13.2 Å². The first-order chi connectivity index (χ1) is 23.2. The van der Waals surface area contributed by atoms with E-state index in [0.29, 0.717) is 25.0 Å². The number of hydrogen-bond acceptors (Lipinski definition) is 7. The second kappa shape index (κ2) is 30.1. The molecule has 0 radical (unpaired) electrons. The zero-order chi connectivity index (χ0) is 35.1. The van der Waals surface area contributed by atoms with Gasteiger partial charge in [-0.05, 0) is 44.9 Å². The van der Waals surface area contributed by atoms with Gasteiger partial charge in [-0.1, -0.05) is 140 Å². The highest BCUT2D eigenvalue weighted by Gasteiger charge is 2.36. The zero-order valence-electron chi connectivity index (χ0n) is 30.1. The van der Waals surface area contributed by atoms with E-state index in [1.165, 1.54) is 77.0 Å². The number of esters is 2. The molecule has 2 N–H and O–H groups in total. The van der Waals surface area contributed by atoms with E-state index in [1.807, 2.05) is 6.08 Å².